The zero-order chi connectivity index (χ0) is 36.3. The van der Waals surface area contributed by atoms with Crippen molar-refractivity contribution in [3.8, 4) is 44.8 Å². The number of allylic oxidation sites excluding steroid dienone is 5. The molecule has 2 aliphatic carbocycles. The average Bonchev–Trinajstić information content (AvgIpc) is 3.65. The first kappa shape index (κ1) is 31.7. The van der Waals surface area contributed by atoms with Crippen LogP contribution in [0.1, 0.15) is 30.7 Å². The monoisotopic (exact) mass is 702 g/mol. The first-order chi connectivity index (χ1) is 27.3. The molecule has 2 aliphatic rings. The van der Waals surface area contributed by atoms with Gasteiger partial charge in [-0.2, -0.15) is 0 Å². The molecule has 0 atom stereocenters. The summed E-state index contributed by atoms with van der Waals surface area (Å²) in [5.74, 6) is 1.02. The van der Waals surface area contributed by atoms with Crippen molar-refractivity contribution in [2.75, 3.05) is 0 Å². The van der Waals surface area contributed by atoms with Crippen LogP contribution in [-0.4, -0.2) is 9.55 Å². The maximum atomic E-state index is 5.23. The number of hydrogen-bond donors (Lipinski definition) is 0. The van der Waals surface area contributed by atoms with E-state index in [9.17, 15) is 0 Å². The van der Waals surface area contributed by atoms with E-state index in [4.69, 9.17) is 4.98 Å². The van der Waals surface area contributed by atoms with E-state index in [0.717, 1.165) is 37.1 Å². The molecule has 0 N–H and O–H groups in total. The highest BCUT2D eigenvalue weighted by Crippen LogP contribution is 2.46. The fourth-order valence-corrected chi connectivity index (χ4v) is 8.95. The van der Waals surface area contributed by atoms with Crippen molar-refractivity contribution in [3.05, 3.63) is 187 Å². The maximum absolute atomic E-state index is 5.23. The van der Waals surface area contributed by atoms with Crippen LogP contribution in [0.5, 0.6) is 0 Å². The number of aromatic nitrogens is 2. The van der Waals surface area contributed by atoms with Gasteiger partial charge in [-0.15, -0.1) is 0 Å². The molecule has 11 rings (SSSR count). The smallest absolute Gasteiger partial charge is 0.145 e. The van der Waals surface area contributed by atoms with Gasteiger partial charge in [-0.3, -0.25) is 4.57 Å². The zero-order valence-corrected chi connectivity index (χ0v) is 30.5. The van der Waals surface area contributed by atoms with Crippen molar-refractivity contribution in [2.45, 2.75) is 25.7 Å². The third-order valence-corrected chi connectivity index (χ3v) is 11.6. The first-order valence-corrected chi connectivity index (χ1v) is 19.5. The van der Waals surface area contributed by atoms with Crippen molar-refractivity contribution in [3.63, 3.8) is 0 Å². The molecule has 8 aromatic carbocycles. The largest absolute Gasteiger partial charge is 0.293 e. The molecule has 0 spiro atoms. The minimum Gasteiger partial charge on any atom is -0.293 e. The molecule has 55 heavy (non-hydrogen) atoms. The lowest BCUT2D eigenvalue weighted by Gasteiger charge is -2.19. The highest BCUT2D eigenvalue weighted by Gasteiger charge is 2.22. The van der Waals surface area contributed by atoms with E-state index >= 15 is 0 Å². The lowest BCUT2D eigenvalue weighted by atomic mass is 9.84. The van der Waals surface area contributed by atoms with E-state index < -0.39 is 0 Å². The van der Waals surface area contributed by atoms with Gasteiger partial charge in [-0.1, -0.05) is 152 Å². The lowest BCUT2D eigenvalue weighted by molar-refractivity contribution is 0.936. The van der Waals surface area contributed by atoms with Gasteiger partial charge in [0.15, 0.2) is 0 Å². The van der Waals surface area contributed by atoms with E-state index in [-0.39, 0.29) is 0 Å². The van der Waals surface area contributed by atoms with Gasteiger partial charge in [0.25, 0.3) is 0 Å². The molecule has 0 unspecified atom stereocenters. The molecule has 0 amide bonds. The van der Waals surface area contributed by atoms with E-state index in [1.807, 2.05) is 0 Å². The summed E-state index contributed by atoms with van der Waals surface area (Å²) in [5.41, 5.74) is 12.2. The van der Waals surface area contributed by atoms with Crippen molar-refractivity contribution in [2.24, 2.45) is 0 Å². The molecular formula is C53H38N2. The Kier molecular flexibility index (Phi) is 7.48. The Morgan fingerprint density at radius 1 is 0.418 bits per heavy atom. The Bertz CT molecular complexity index is 3080. The number of fused-ring (bicyclic) bond motifs is 5. The topological polar surface area (TPSA) is 17.8 Å². The first-order valence-electron chi connectivity index (χ1n) is 19.5. The Labute approximate surface area is 321 Å². The predicted molar refractivity (Wildman–Crippen MR) is 234 cm³/mol. The fourth-order valence-electron chi connectivity index (χ4n) is 8.95. The third-order valence-electron chi connectivity index (χ3n) is 11.6. The molecule has 0 radical (unpaired) electrons. The van der Waals surface area contributed by atoms with Crippen LogP contribution in [0.4, 0.5) is 0 Å². The van der Waals surface area contributed by atoms with E-state index in [1.54, 1.807) is 0 Å². The summed E-state index contributed by atoms with van der Waals surface area (Å²) in [6.07, 6.45) is 15.6. The summed E-state index contributed by atoms with van der Waals surface area (Å²) in [6, 6.07) is 56.3. The summed E-state index contributed by atoms with van der Waals surface area (Å²) >= 11 is 0. The second kappa shape index (κ2) is 13.0. The molecule has 1 heterocycles. The molecule has 0 saturated heterocycles. The van der Waals surface area contributed by atoms with Crippen LogP contribution in [0.2, 0.25) is 0 Å². The Morgan fingerprint density at radius 3 is 1.65 bits per heavy atom. The van der Waals surface area contributed by atoms with Crippen LogP contribution in [0.3, 0.4) is 0 Å². The molecule has 0 fully saturated rings. The number of imidazole rings is 1. The van der Waals surface area contributed by atoms with Crippen LogP contribution < -0.4 is 0 Å². The van der Waals surface area contributed by atoms with Gasteiger partial charge in [0.2, 0.25) is 0 Å². The van der Waals surface area contributed by atoms with E-state index in [0.29, 0.717) is 0 Å². The molecule has 2 nitrogen and oxygen atoms in total. The molecule has 9 aromatic rings. The molecule has 0 saturated carbocycles. The molecule has 1 aromatic heterocycles. The van der Waals surface area contributed by atoms with Gasteiger partial charge in [0, 0.05) is 11.3 Å². The van der Waals surface area contributed by atoms with Gasteiger partial charge in [0.05, 0.1) is 11.4 Å². The Hall–Kier alpha value is -6.77. The second-order valence-electron chi connectivity index (χ2n) is 14.9. The van der Waals surface area contributed by atoms with Crippen LogP contribution in [-0.2, 0) is 6.42 Å². The van der Waals surface area contributed by atoms with Crippen molar-refractivity contribution >= 4 is 54.9 Å². The summed E-state index contributed by atoms with van der Waals surface area (Å²) in [5, 5.41) is 10.0. The standard InChI is InChI=1S/C53H38N2/c1-2-16-44(17-3-1)55-50-21-11-10-20-49(50)54-53(55)38-26-22-37(23-27-38)41-30-31-47-48(34-41)52(43-29-25-36-13-5-7-15-40(36)33-43)46-19-9-8-18-45(46)51(47)42-28-24-35-12-4-6-14-39(35)32-42/h2,4-9,11-19,21-34H,1,3,10,20H2. The number of nitrogens with zero attached hydrogens (tertiary/aromatic N) is 2. The minimum atomic E-state index is 0.980. The van der Waals surface area contributed by atoms with Crippen molar-refractivity contribution < 1.29 is 0 Å². The fraction of sp³-hybridized carbons (Fsp3) is 0.0755. The molecule has 0 bridgehead atoms. The number of hydrogen-bond acceptors (Lipinski definition) is 1. The highest BCUT2D eigenvalue weighted by atomic mass is 15.1. The predicted octanol–water partition coefficient (Wildman–Crippen LogP) is 14.3. The Morgan fingerprint density at radius 2 is 0.982 bits per heavy atom. The maximum Gasteiger partial charge on any atom is 0.145 e. The second-order valence-corrected chi connectivity index (χ2v) is 14.9. The molecular weight excluding hydrogens is 665 g/mol. The van der Waals surface area contributed by atoms with Gasteiger partial charge in [-0.25, -0.2) is 4.98 Å². The van der Waals surface area contributed by atoms with Gasteiger partial charge >= 0.3 is 0 Å². The lowest BCUT2D eigenvalue weighted by Crippen LogP contribution is -2.04. The summed E-state index contributed by atoms with van der Waals surface area (Å²) in [4.78, 5) is 5.23. The Balaban J connectivity index is 1.11. The van der Waals surface area contributed by atoms with E-state index in [1.165, 1.54) is 93.6 Å². The number of rotatable bonds is 5. The SMILES string of the molecule is C1=CC(n2c(-c3ccc(-c4ccc5c(-c6ccc7ccccc7c6)c6ccccc6c(-c6ccc7ccccc7c6)c5c4)cc3)nc3c2C=CCC3)=CCC1. The number of benzene rings is 8. The van der Waals surface area contributed by atoms with Crippen LogP contribution in [0.15, 0.2) is 176 Å². The summed E-state index contributed by atoms with van der Waals surface area (Å²) in [6.45, 7) is 0. The molecule has 2 heteroatoms. The van der Waals surface area contributed by atoms with Crippen LogP contribution in [0.25, 0.3) is 99.6 Å². The van der Waals surface area contributed by atoms with Crippen molar-refractivity contribution in [1.82, 2.24) is 9.55 Å². The summed E-state index contributed by atoms with van der Waals surface area (Å²) < 4.78 is 2.36. The minimum absolute atomic E-state index is 0.980. The number of aryl methyl sites for hydroxylation is 1. The normalized spacial score (nSPS) is 13.9. The summed E-state index contributed by atoms with van der Waals surface area (Å²) in [7, 11) is 0. The van der Waals surface area contributed by atoms with Gasteiger partial charge in [-0.05, 0) is 133 Å². The highest BCUT2D eigenvalue weighted by molar-refractivity contribution is 6.22. The molecule has 0 aliphatic heterocycles. The molecule has 260 valence electrons. The average molecular weight is 703 g/mol. The van der Waals surface area contributed by atoms with Gasteiger partial charge in [0.1, 0.15) is 5.82 Å². The van der Waals surface area contributed by atoms with Crippen LogP contribution >= 0.6 is 0 Å². The van der Waals surface area contributed by atoms with E-state index in [2.05, 4.69) is 187 Å². The van der Waals surface area contributed by atoms with Gasteiger partial charge < -0.3 is 0 Å². The van der Waals surface area contributed by atoms with Crippen LogP contribution in [0, 0.1) is 0 Å². The zero-order valence-electron chi connectivity index (χ0n) is 30.5. The quantitative estimate of drug-likeness (QED) is 0.163. The van der Waals surface area contributed by atoms with Crippen molar-refractivity contribution in [1.29, 1.82) is 0 Å². The third kappa shape index (κ3) is 5.36.